The van der Waals surface area contributed by atoms with Gasteiger partial charge in [0.1, 0.15) is 17.0 Å². The van der Waals surface area contributed by atoms with E-state index >= 15 is 0 Å². The smallest absolute Gasteiger partial charge is 0.316 e. The minimum Gasteiger partial charge on any atom is -0.496 e. The third-order valence-electron chi connectivity index (χ3n) is 3.17. The number of aromatic amines is 1. The summed E-state index contributed by atoms with van der Waals surface area (Å²) in [4.78, 5) is 18.5. The molecule has 0 saturated heterocycles. The maximum Gasteiger partial charge on any atom is 0.316 e. The molecule has 5 nitrogen and oxygen atoms in total. The fraction of sp³-hybridized carbons (Fsp3) is 0.286. The Morgan fingerprint density at radius 3 is 2.70 bits per heavy atom. The molecule has 0 radical (unpaired) electrons. The lowest BCUT2D eigenvalue weighted by molar-refractivity contribution is -0.142. The Kier molecular flexibility index (Phi) is 3.85. The Morgan fingerprint density at radius 1 is 1.45 bits per heavy atom. The molecule has 1 aromatic carbocycles. The summed E-state index contributed by atoms with van der Waals surface area (Å²) in [7, 11) is 1.60. The van der Waals surface area contributed by atoms with Crippen LogP contribution in [0.4, 0.5) is 0 Å². The van der Waals surface area contributed by atoms with E-state index in [0.29, 0.717) is 5.82 Å². The molecule has 2 N–H and O–H groups in total. The number of aliphatic carboxylic acids is 1. The lowest BCUT2D eigenvalue weighted by atomic mass is 9.93. The van der Waals surface area contributed by atoms with Crippen LogP contribution < -0.4 is 4.74 Å². The van der Waals surface area contributed by atoms with Crippen molar-refractivity contribution < 1.29 is 14.6 Å². The number of ether oxygens (including phenoxy) is 1. The van der Waals surface area contributed by atoms with Crippen molar-refractivity contribution in [2.45, 2.75) is 19.3 Å². The first-order valence-electron chi connectivity index (χ1n) is 5.99. The van der Waals surface area contributed by atoms with Crippen LogP contribution >= 0.6 is 15.9 Å². The van der Waals surface area contributed by atoms with Crippen LogP contribution in [-0.4, -0.2) is 28.2 Å². The van der Waals surface area contributed by atoms with E-state index in [1.807, 2.05) is 18.2 Å². The van der Waals surface area contributed by atoms with Crippen LogP contribution in [0.25, 0.3) is 11.3 Å². The molecule has 0 fully saturated rings. The SMILES string of the molecule is COc1ccc(-c2cnc(C(C)(C)C(=O)O)[nH]2)cc1Br. The largest absolute Gasteiger partial charge is 0.496 e. The van der Waals surface area contributed by atoms with Gasteiger partial charge in [-0.2, -0.15) is 0 Å². The number of carboxylic acids is 1. The molecule has 0 spiro atoms. The average molecular weight is 339 g/mol. The lowest BCUT2D eigenvalue weighted by Gasteiger charge is -2.15. The number of halogens is 1. The van der Waals surface area contributed by atoms with Crippen molar-refractivity contribution >= 4 is 21.9 Å². The summed E-state index contributed by atoms with van der Waals surface area (Å²) in [6.45, 7) is 3.23. The highest BCUT2D eigenvalue weighted by molar-refractivity contribution is 9.10. The highest BCUT2D eigenvalue weighted by Gasteiger charge is 2.32. The molecule has 0 bridgehead atoms. The summed E-state index contributed by atoms with van der Waals surface area (Å²) in [6.07, 6.45) is 1.63. The third-order valence-corrected chi connectivity index (χ3v) is 3.78. The van der Waals surface area contributed by atoms with E-state index in [9.17, 15) is 9.90 Å². The van der Waals surface area contributed by atoms with E-state index in [1.54, 1.807) is 27.2 Å². The lowest BCUT2D eigenvalue weighted by Crippen LogP contribution is -2.29. The number of hydrogen-bond acceptors (Lipinski definition) is 3. The molecule has 1 heterocycles. The highest BCUT2D eigenvalue weighted by Crippen LogP contribution is 2.31. The normalized spacial score (nSPS) is 11.4. The number of nitrogens with one attached hydrogen (secondary N) is 1. The van der Waals surface area contributed by atoms with Crippen LogP contribution in [0.3, 0.4) is 0 Å². The van der Waals surface area contributed by atoms with Crippen molar-refractivity contribution in [2.75, 3.05) is 7.11 Å². The highest BCUT2D eigenvalue weighted by atomic mass is 79.9. The molecule has 106 valence electrons. The van der Waals surface area contributed by atoms with Crippen LogP contribution in [0.2, 0.25) is 0 Å². The monoisotopic (exact) mass is 338 g/mol. The Bertz CT molecular complexity index is 650. The Morgan fingerprint density at radius 2 is 2.15 bits per heavy atom. The minimum absolute atomic E-state index is 0.423. The Labute approximate surface area is 125 Å². The van der Waals surface area contributed by atoms with E-state index in [2.05, 4.69) is 25.9 Å². The van der Waals surface area contributed by atoms with Gasteiger partial charge in [0.15, 0.2) is 0 Å². The van der Waals surface area contributed by atoms with Gasteiger partial charge in [0, 0.05) is 5.56 Å². The first kappa shape index (κ1) is 14.6. The van der Waals surface area contributed by atoms with Crippen molar-refractivity contribution in [3.63, 3.8) is 0 Å². The van der Waals surface area contributed by atoms with Crippen LogP contribution in [0.15, 0.2) is 28.9 Å². The molecule has 2 aromatic rings. The average Bonchev–Trinajstić information content (AvgIpc) is 2.88. The maximum absolute atomic E-state index is 11.2. The van der Waals surface area contributed by atoms with Crippen molar-refractivity contribution in [1.29, 1.82) is 0 Å². The van der Waals surface area contributed by atoms with Gasteiger partial charge in [-0.05, 0) is 48.0 Å². The van der Waals surface area contributed by atoms with Gasteiger partial charge in [-0.1, -0.05) is 0 Å². The minimum atomic E-state index is -1.05. The van der Waals surface area contributed by atoms with Crippen LogP contribution in [0.1, 0.15) is 19.7 Å². The molecule has 0 amide bonds. The van der Waals surface area contributed by atoms with Gasteiger partial charge < -0.3 is 14.8 Å². The molecule has 0 unspecified atom stereocenters. The van der Waals surface area contributed by atoms with Crippen LogP contribution in [-0.2, 0) is 10.2 Å². The summed E-state index contributed by atoms with van der Waals surface area (Å²) < 4.78 is 6.00. The second-order valence-electron chi connectivity index (χ2n) is 4.92. The number of imidazole rings is 1. The van der Waals surface area contributed by atoms with E-state index < -0.39 is 11.4 Å². The Hall–Kier alpha value is -1.82. The Balaban J connectivity index is 2.39. The summed E-state index contributed by atoms with van der Waals surface area (Å²) >= 11 is 3.42. The number of carbonyl (C=O) groups is 1. The standard InChI is InChI=1S/C14H15BrN2O3/c1-14(2,13(18)19)12-16-7-10(17-12)8-4-5-11(20-3)9(15)6-8/h4-7H,1-3H3,(H,16,17)(H,18,19). The van der Waals surface area contributed by atoms with Gasteiger partial charge in [-0.25, -0.2) is 4.98 Å². The van der Waals surface area contributed by atoms with E-state index in [-0.39, 0.29) is 0 Å². The zero-order valence-electron chi connectivity index (χ0n) is 11.4. The predicted molar refractivity (Wildman–Crippen MR) is 78.9 cm³/mol. The number of methoxy groups -OCH3 is 1. The first-order chi connectivity index (χ1) is 9.36. The number of benzene rings is 1. The molecule has 6 heteroatoms. The van der Waals surface area contributed by atoms with E-state index in [1.165, 1.54) is 0 Å². The van der Waals surface area contributed by atoms with Gasteiger partial charge >= 0.3 is 5.97 Å². The van der Waals surface area contributed by atoms with E-state index in [4.69, 9.17) is 4.74 Å². The van der Waals surface area contributed by atoms with Crippen LogP contribution in [0, 0.1) is 0 Å². The molecule has 1 aromatic heterocycles. The number of hydrogen-bond donors (Lipinski definition) is 2. The molecular formula is C14H15BrN2O3. The summed E-state index contributed by atoms with van der Waals surface area (Å²) in [6, 6.07) is 5.61. The zero-order chi connectivity index (χ0) is 14.9. The number of rotatable bonds is 4. The van der Waals surface area contributed by atoms with Gasteiger partial charge in [-0.15, -0.1) is 0 Å². The topological polar surface area (TPSA) is 75.2 Å². The van der Waals surface area contributed by atoms with Gasteiger partial charge in [0.2, 0.25) is 0 Å². The second-order valence-corrected chi connectivity index (χ2v) is 5.78. The molecule has 0 aliphatic rings. The van der Waals surface area contributed by atoms with Gasteiger partial charge in [0.25, 0.3) is 0 Å². The second kappa shape index (κ2) is 5.28. The number of H-pyrrole nitrogens is 1. The summed E-state index contributed by atoms with van der Waals surface area (Å²) in [5, 5.41) is 9.20. The molecule has 0 aliphatic heterocycles. The van der Waals surface area contributed by atoms with Gasteiger partial charge in [0.05, 0.1) is 23.5 Å². The number of nitrogens with zero attached hydrogens (tertiary/aromatic N) is 1. The predicted octanol–water partition coefficient (Wildman–Crippen LogP) is 3.21. The maximum atomic E-state index is 11.2. The van der Waals surface area contributed by atoms with Crippen molar-refractivity contribution in [1.82, 2.24) is 9.97 Å². The number of carboxylic acid groups (broad SMARTS) is 1. The molecule has 0 saturated carbocycles. The fourth-order valence-electron chi connectivity index (χ4n) is 1.72. The zero-order valence-corrected chi connectivity index (χ0v) is 13.0. The fourth-order valence-corrected chi connectivity index (χ4v) is 2.26. The first-order valence-corrected chi connectivity index (χ1v) is 6.78. The molecule has 2 rings (SSSR count). The quantitative estimate of drug-likeness (QED) is 0.897. The van der Waals surface area contributed by atoms with E-state index in [0.717, 1.165) is 21.5 Å². The van der Waals surface area contributed by atoms with Crippen LogP contribution in [0.5, 0.6) is 5.75 Å². The summed E-state index contributed by atoms with van der Waals surface area (Å²) in [5.41, 5.74) is 0.609. The number of aromatic nitrogens is 2. The molecule has 0 aliphatic carbocycles. The van der Waals surface area contributed by atoms with Gasteiger partial charge in [-0.3, -0.25) is 4.79 Å². The summed E-state index contributed by atoms with van der Waals surface area (Å²) in [5.74, 6) is 0.237. The molecular weight excluding hydrogens is 324 g/mol. The van der Waals surface area contributed by atoms with Crippen molar-refractivity contribution in [2.24, 2.45) is 0 Å². The van der Waals surface area contributed by atoms with Crippen molar-refractivity contribution in [3.8, 4) is 17.0 Å². The van der Waals surface area contributed by atoms with Crippen molar-refractivity contribution in [3.05, 3.63) is 34.7 Å². The third kappa shape index (κ3) is 2.56. The molecule has 0 atom stereocenters. The molecule has 20 heavy (non-hydrogen) atoms.